The Labute approximate surface area is 79.2 Å². The summed E-state index contributed by atoms with van der Waals surface area (Å²) in [5.74, 6) is 0. The zero-order valence-electron chi connectivity index (χ0n) is 8.32. The van der Waals surface area contributed by atoms with E-state index in [9.17, 15) is 5.11 Å². The SMILES string of the molecule is COC(C)C(O)c1ccccc1C. The maximum Gasteiger partial charge on any atom is 0.105 e. The molecule has 0 saturated heterocycles. The fourth-order valence-corrected chi connectivity index (χ4v) is 1.30. The molecule has 2 heteroatoms. The van der Waals surface area contributed by atoms with Gasteiger partial charge in [-0.25, -0.2) is 0 Å². The molecule has 0 aliphatic heterocycles. The Morgan fingerprint density at radius 2 is 1.92 bits per heavy atom. The smallest absolute Gasteiger partial charge is 0.105 e. The number of benzene rings is 1. The monoisotopic (exact) mass is 180 g/mol. The second-order valence-electron chi connectivity index (χ2n) is 3.24. The molecule has 1 aromatic carbocycles. The van der Waals surface area contributed by atoms with Crippen LogP contribution in [0, 0.1) is 6.92 Å². The van der Waals surface area contributed by atoms with Gasteiger partial charge in [0.15, 0.2) is 0 Å². The van der Waals surface area contributed by atoms with E-state index in [1.54, 1.807) is 7.11 Å². The molecule has 1 N–H and O–H groups in total. The minimum absolute atomic E-state index is 0.166. The molecular formula is C11H16O2. The van der Waals surface area contributed by atoms with Crippen LogP contribution in [0.3, 0.4) is 0 Å². The van der Waals surface area contributed by atoms with Gasteiger partial charge in [-0.2, -0.15) is 0 Å². The maximum atomic E-state index is 9.84. The largest absolute Gasteiger partial charge is 0.386 e. The lowest BCUT2D eigenvalue weighted by Crippen LogP contribution is -2.17. The summed E-state index contributed by atoms with van der Waals surface area (Å²) < 4.78 is 5.07. The first kappa shape index (κ1) is 10.2. The van der Waals surface area contributed by atoms with E-state index >= 15 is 0 Å². The number of rotatable bonds is 3. The molecule has 13 heavy (non-hydrogen) atoms. The number of aryl methyl sites for hydroxylation is 1. The minimum Gasteiger partial charge on any atom is -0.386 e. The molecule has 1 aromatic rings. The molecule has 1 rings (SSSR count). The Kier molecular flexibility index (Phi) is 3.46. The number of aliphatic hydroxyl groups excluding tert-OH is 1. The minimum atomic E-state index is -0.536. The zero-order chi connectivity index (χ0) is 9.84. The lowest BCUT2D eigenvalue weighted by atomic mass is 10.0. The van der Waals surface area contributed by atoms with Gasteiger partial charge in [0, 0.05) is 7.11 Å². The lowest BCUT2D eigenvalue weighted by Gasteiger charge is -2.19. The Hall–Kier alpha value is -0.860. The van der Waals surface area contributed by atoms with Crippen molar-refractivity contribution in [2.45, 2.75) is 26.1 Å². The summed E-state index contributed by atoms with van der Waals surface area (Å²) in [7, 11) is 1.60. The molecule has 0 heterocycles. The van der Waals surface area contributed by atoms with E-state index in [2.05, 4.69) is 0 Å². The summed E-state index contributed by atoms with van der Waals surface area (Å²) in [6, 6.07) is 7.80. The van der Waals surface area contributed by atoms with E-state index in [0.29, 0.717) is 0 Å². The van der Waals surface area contributed by atoms with Gasteiger partial charge in [0.2, 0.25) is 0 Å². The van der Waals surface area contributed by atoms with Crippen LogP contribution in [0.5, 0.6) is 0 Å². The summed E-state index contributed by atoms with van der Waals surface area (Å²) >= 11 is 0. The summed E-state index contributed by atoms with van der Waals surface area (Å²) in [4.78, 5) is 0. The van der Waals surface area contributed by atoms with Gasteiger partial charge in [-0.1, -0.05) is 24.3 Å². The number of methoxy groups -OCH3 is 1. The van der Waals surface area contributed by atoms with Crippen molar-refractivity contribution in [2.75, 3.05) is 7.11 Å². The second-order valence-corrected chi connectivity index (χ2v) is 3.24. The highest BCUT2D eigenvalue weighted by Crippen LogP contribution is 2.21. The van der Waals surface area contributed by atoms with Crippen LogP contribution in [0.2, 0.25) is 0 Å². The maximum absolute atomic E-state index is 9.84. The van der Waals surface area contributed by atoms with Gasteiger partial charge < -0.3 is 9.84 Å². The van der Waals surface area contributed by atoms with Gasteiger partial charge in [0.25, 0.3) is 0 Å². The van der Waals surface area contributed by atoms with Gasteiger partial charge >= 0.3 is 0 Å². The highest BCUT2D eigenvalue weighted by Gasteiger charge is 2.16. The van der Waals surface area contributed by atoms with Gasteiger partial charge in [0.1, 0.15) is 6.10 Å². The van der Waals surface area contributed by atoms with Crippen molar-refractivity contribution in [3.63, 3.8) is 0 Å². The van der Waals surface area contributed by atoms with Crippen molar-refractivity contribution < 1.29 is 9.84 Å². The second kappa shape index (κ2) is 4.40. The first-order valence-corrected chi connectivity index (χ1v) is 4.43. The van der Waals surface area contributed by atoms with Crippen LogP contribution in [0.1, 0.15) is 24.2 Å². The van der Waals surface area contributed by atoms with Crippen LogP contribution in [0.4, 0.5) is 0 Å². The van der Waals surface area contributed by atoms with Crippen LogP contribution in [0.25, 0.3) is 0 Å². The lowest BCUT2D eigenvalue weighted by molar-refractivity contribution is -0.00172. The molecule has 0 spiro atoms. The van der Waals surface area contributed by atoms with Gasteiger partial charge in [-0.3, -0.25) is 0 Å². The first-order valence-electron chi connectivity index (χ1n) is 4.43. The molecule has 0 amide bonds. The van der Waals surface area contributed by atoms with E-state index in [4.69, 9.17) is 4.74 Å². The predicted molar refractivity (Wildman–Crippen MR) is 52.6 cm³/mol. The van der Waals surface area contributed by atoms with E-state index in [-0.39, 0.29) is 6.10 Å². The van der Waals surface area contributed by atoms with Crippen molar-refractivity contribution in [2.24, 2.45) is 0 Å². The quantitative estimate of drug-likeness (QED) is 0.771. The number of ether oxygens (including phenoxy) is 1. The first-order chi connectivity index (χ1) is 6.16. The molecule has 0 bridgehead atoms. The normalized spacial score (nSPS) is 15.4. The molecule has 0 aliphatic rings. The van der Waals surface area contributed by atoms with E-state index < -0.39 is 6.10 Å². The molecule has 2 atom stereocenters. The molecular weight excluding hydrogens is 164 g/mol. The number of aliphatic hydroxyl groups is 1. The molecule has 72 valence electrons. The third-order valence-corrected chi connectivity index (χ3v) is 2.32. The number of hydrogen-bond donors (Lipinski definition) is 1. The van der Waals surface area contributed by atoms with Gasteiger partial charge in [-0.15, -0.1) is 0 Å². The van der Waals surface area contributed by atoms with Crippen LogP contribution < -0.4 is 0 Å². The third-order valence-electron chi connectivity index (χ3n) is 2.32. The standard InChI is InChI=1S/C11H16O2/c1-8-6-4-5-7-10(8)11(12)9(2)13-3/h4-7,9,11-12H,1-3H3. The predicted octanol–water partition coefficient (Wildman–Crippen LogP) is 2.06. The van der Waals surface area contributed by atoms with Crippen molar-refractivity contribution in [3.8, 4) is 0 Å². The summed E-state index contributed by atoms with van der Waals surface area (Å²) in [5, 5.41) is 9.84. The fourth-order valence-electron chi connectivity index (χ4n) is 1.30. The molecule has 0 radical (unpaired) electrons. The van der Waals surface area contributed by atoms with Crippen LogP contribution >= 0.6 is 0 Å². The van der Waals surface area contributed by atoms with Gasteiger partial charge in [0.05, 0.1) is 6.10 Å². The van der Waals surface area contributed by atoms with Crippen LogP contribution in [-0.4, -0.2) is 18.3 Å². The Morgan fingerprint density at radius 3 is 2.46 bits per heavy atom. The van der Waals surface area contributed by atoms with Crippen molar-refractivity contribution >= 4 is 0 Å². The highest BCUT2D eigenvalue weighted by molar-refractivity contribution is 5.28. The highest BCUT2D eigenvalue weighted by atomic mass is 16.5. The van der Waals surface area contributed by atoms with Gasteiger partial charge in [-0.05, 0) is 25.0 Å². The molecule has 0 aliphatic carbocycles. The average Bonchev–Trinajstić information content (AvgIpc) is 2.16. The molecule has 2 unspecified atom stereocenters. The number of hydrogen-bond acceptors (Lipinski definition) is 2. The third kappa shape index (κ3) is 2.29. The van der Waals surface area contributed by atoms with Crippen LogP contribution in [0.15, 0.2) is 24.3 Å². The van der Waals surface area contributed by atoms with E-state index in [1.807, 2.05) is 38.1 Å². The van der Waals surface area contributed by atoms with Crippen molar-refractivity contribution in [3.05, 3.63) is 35.4 Å². The Balaban J connectivity index is 2.88. The fraction of sp³-hybridized carbons (Fsp3) is 0.455. The Bertz CT molecular complexity index is 271. The molecule has 2 nitrogen and oxygen atoms in total. The molecule has 0 fully saturated rings. The van der Waals surface area contributed by atoms with E-state index in [1.165, 1.54) is 0 Å². The summed E-state index contributed by atoms with van der Waals surface area (Å²) in [6.07, 6.45) is -0.702. The van der Waals surface area contributed by atoms with E-state index in [0.717, 1.165) is 11.1 Å². The van der Waals surface area contributed by atoms with Crippen molar-refractivity contribution in [1.29, 1.82) is 0 Å². The topological polar surface area (TPSA) is 29.5 Å². The van der Waals surface area contributed by atoms with Crippen LogP contribution in [-0.2, 0) is 4.74 Å². The summed E-state index contributed by atoms with van der Waals surface area (Å²) in [5.41, 5.74) is 2.04. The zero-order valence-corrected chi connectivity index (χ0v) is 8.32. The van der Waals surface area contributed by atoms with Crippen molar-refractivity contribution in [1.82, 2.24) is 0 Å². The Morgan fingerprint density at radius 1 is 1.31 bits per heavy atom. The average molecular weight is 180 g/mol. The molecule has 0 aromatic heterocycles. The summed E-state index contributed by atoms with van der Waals surface area (Å²) in [6.45, 7) is 3.85. The molecule has 0 saturated carbocycles.